The Bertz CT molecular complexity index is 918. The van der Waals surface area contributed by atoms with Gasteiger partial charge < -0.3 is 21.5 Å². The lowest BCUT2D eigenvalue weighted by Gasteiger charge is -2.38. The van der Waals surface area contributed by atoms with E-state index >= 15 is 0 Å². The van der Waals surface area contributed by atoms with Crippen molar-refractivity contribution in [3.8, 4) is 5.75 Å². The molecule has 0 unspecified atom stereocenters. The quantitative estimate of drug-likeness (QED) is 0.540. The van der Waals surface area contributed by atoms with Gasteiger partial charge >= 0.3 is 0 Å². The van der Waals surface area contributed by atoms with E-state index < -0.39 is 0 Å². The van der Waals surface area contributed by atoms with E-state index in [-0.39, 0.29) is 11.8 Å². The fraction of sp³-hybridized carbons (Fsp3) is 0.227. The van der Waals surface area contributed by atoms with Crippen LogP contribution in [0.2, 0.25) is 10.0 Å². The normalized spacial score (nSPS) is 15.2. The minimum atomic E-state index is -0.0572. The number of amides is 1. The van der Waals surface area contributed by atoms with Crippen LogP contribution in [0.1, 0.15) is 11.1 Å². The number of likely N-dealkylation sites (tertiary alicyclic amines) is 1. The van der Waals surface area contributed by atoms with Gasteiger partial charge in [-0.05, 0) is 53.7 Å². The van der Waals surface area contributed by atoms with Crippen molar-refractivity contribution >= 4 is 29.1 Å². The van der Waals surface area contributed by atoms with E-state index in [1.54, 1.807) is 12.1 Å². The molecular weight excluding hydrogens is 423 g/mol. The molecule has 2 aromatic carbocycles. The molecule has 1 saturated heterocycles. The second-order valence-corrected chi connectivity index (χ2v) is 7.94. The van der Waals surface area contributed by atoms with E-state index in [2.05, 4.69) is 10.2 Å². The third-order valence-corrected chi connectivity index (χ3v) is 5.14. The monoisotopic (exact) mass is 446 g/mol. The molecule has 0 aromatic heterocycles. The number of rotatable bonds is 8. The Kier molecular flexibility index (Phi) is 7.63. The van der Waals surface area contributed by atoms with Crippen LogP contribution in [0.25, 0.3) is 0 Å². The minimum absolute atomic E-state index is 0.0501. The molecule has 0 radical (unpaired) electrons. The van der Waals surface area contributed by atoms with E-state index in [1.165, 1.54) is 12.4 Å². The van der Waals surface area contributed by atoms with Gasteiger partial charge in [0.1, 0.15) is 12.4 Å². The average molecular weight is 447 g/mol. The topological polar surface area (TPSA) is 93.6 Å². The zero-order valence-electron chi connectivity index (χ0n) is 16.4. The zero-order valence-corrected chi connectivity index (χ0v) is 17.9. The maximum atomic E-state index is 12.2. The summed E-state index contributed by atoms with van der Waals surface area (Å²) in [5.41, 5.74) is 13.3. The van der Waals surface area contributed by atoms with Gasteiger partial charge in [0.2, 0.25) is 5.91 Å². The van der Waals surface area contributed by atoms with E-state index in [9.17, 15) is 4.79 Å². The summed E-state index contributed by atoms with van der Waals surface area (Å²) in [6.45, 7) is 2.56. The average Bonchev–Trinajstić information content (AvgIpc) is 2.68. The highest BCUT2D eigenvalue weighted by molar-refractivity contribution is 6.34. The first kappa shape index (κ1) is 22.0. The summed E-state index contributed by atoms with van der Waals surface area (Å²) in [4.78, 5) is 14.4. The van der Waals surface area contributed by atoms with E-state index in [1.807, 2.05) is 36.4 Å². The molecule has 0 bridgehead atoms. The van der Waals surface area contributed by atoms with E-state index in [0.29, 0.717) is 35.4 Å². The largest absolute Gasteiger partial charge is 0.489 e. The lowest BCUT2D eigenvalue weighted by molar-refractivity contribution is -0.129. The number of ether oxygens (including phenoxy) is 1. The molecule has 8 heteroatoms. The van der Waals surface area contributed by atoms with Gasteiger partial charge in [0.15, 0.2) is 0 Å². The van der Waals surface area contributed by atoms with Crippen molar-refractivity contribution in [2.24, 2.45) is 17.4 Å². The molecule has 1 aliphatic rings. The summed E-state index contributed by atoms with van der Waals surface area (Å²) in [5.74, 6) is 0.661. The van der Waals surface area contributed by atoms with Gasteiger partial charge in [-0.25, -0.2) is 0 Å². The summed E-state index contributed by atoms with van der Waals surface area (Å²) in [6, 6.07) is 13.3. The van der Waals surface area contributed by atoms with Gasteiger partial charge in [0.25, 0.3) is 0 Å². The minimum Gasteiger partial charge on any atom is -0.489 e. The predicted octanol–water partition coefficient (Wildman–Crippen LogP) is 3.39. The van der Waals surface area contributed by atoms with E-state index in [0.717, 1.165) is 23.4 Å². The molecule has 0 aliphatic carbocycles. The Balaban J connectivity index is 1.44. The van der Waals surface area contributed by atoms with Gasteiger partial charge in [-0.2, -0.15) is 0 Å². The predicted molar refractivity (Wildman–Crippen MR) is 120 cm³/mol. The Labute approximate surface area is 186 Å². The van der Waals surface area contributed by atoms with Crippen LogP contribution >= 0.6 is 23.2 Å². The van der Waals surface area contributed by atoms with Crippen LogP contribution in [0, 0.1) is 5.92 Å². The highest BCUT2D eigenvalue weighted by Crippen LogP contribution is 2.23. The number of allylic oxidation sites excluding steroid dienone is 1. The summed E-state index contributed by atoms with van der Waals surface area (Å²) < 4.78 is 5.80. The number of nitrogens with two attached hydrogens (primary N) is 2. The Hall–Kier alpha value is -2.67. The van der Waals surface area contributed by atoms with Crippen LogP contribution in [-0.4, -0.2) is 23.9 Å². The number of carbonyl (C=O) groups is 1. The number of carbonyl (C=O) groups excluding carboxylic acids is 1. The molecule has 0 atom stereocenters. The molecule has 1 fully saturated rings. The van der Waals surface area contributed by atoms with Crippen LogP contribution in [0.3, 0.4) is 0 Å². The molecule has 1 heterocycles. The summed E-state index contributed by atoms with van der Waals surface area (Å²) in [7, 11) is 0. The standard InChI is InChI=1S/C22H24Cl2N4O2/c23-18-7-16(8-19(24)9-18)14-30-21-3-1-15(2-4-21)11-28-12-17(13-28)22(29)27-20(10-26)5-6-25/h1-10,17H,11-14,25-26H2,(H,27,29)/b6-5-,20-10+. The number of halogens is 2. The molecule has 6 nitrogen and oxygen atoms in total. The third-order valence-electron chi connectivity index (χ3n) is 4.71. The fourth-order valence-corrected chi connectivity index (χ4v) is 3.73. The van der Waals surface area contributed by atoms with Crippen molar-refractivity contribution in [3.63, 3.8) is 0 Å². The second-order valence-electron chi connectivity index (χ2n) is 7.07. The van der Waals surface area contributed by atoms with Crippen LogP contribution < -0.4 is 21.5 Å². The Morgan fingerprint density at radius 2 is 1.77 bits per heavy atom. The van der Waals surface area contributed by atoms with Crippen molar-refractivity contribution in [3.05, 3.63) is 87.8 Å². The Morgan fingerprint density at radius 3 is 2.37 bits per heavy atom. The maximum absolute atomic E-state index is 12.2. The third kappa shape index (κ3) is 6.16. The van der Waals surface area contributed by atoms with Crippen molar-refractivity contribution in [1.29, 1.82) is 0 Å². The first-order valence-corrected chi connectivity index (χ1v) is 10.2. The summed E-state index contributed by atoms with van der Waals surface area (Å²) in [6.07, 6.45) is 4.21. The van der Waals surface area contributed by atoms with Crippen molar-refractivity contribution in [1.82, 2.24) is 10.2 Å². The van der Waals surface area contributed by atoms with Crippen LogP contribution in [0.15, 0.2) is 66.6 Å². The molecule has 1 amide bonds. The fourth-order valence-electron chi connectivity index (χ4n) is 3.16. The molecule has 2 aromatic rings. The van der Waals surface area contributed by atoms with Crippen molar-refractivity contribution in [2.75, 3.05) is 13.1 Å². The summed E-state index contributed by atoms with van der Waals surface area (Å²) in [5, 5.41) is 3.94. The molecule has 3 rings (SSSR count). The highest BCUT2D eigenvalue weighted by Gasteiger charge is 2.32. The molecule has 0 saturated carbocycles. The molecule has 158 valence electrons. The van der Waals surface area contributed by atoms with Crippen LogP contribution in [0.4, 0.5) is 0 Å². The maximum Gasteiger partial charge on any atom is 0.230 e. The molecular formula is C22H24Cl2N4O2. The second kappa shape index (κ2) is 10.4. The van der Waals surface area contributed by atoms with Gasteiger partial charge in [-0.15, -0.1) is 0 Å². The summed E-state index contributed by atoms with van der Waals surface area (Å²) >= 11 is 12.0. The Morgan fingerprint density at radius 1 is 1.10 bits per heavy atom. The van der Waals surface area contributed by atoms with Gasteiger partial charge in [0.05, 0.1) is 11.6 Å². The molecule has 1 aliphatic heterocycles. The number of benzene rings is 2. The number of hydrogen-bond donors (Lipinski definition) is 3. The molecule has 5 N–H and O–H groups in total. The zero-order chi connectivity index (χ0) is 21.5. The van der Waals surface area contributed by atoms with Crippen LogP contribution in [0.5, 0.6) is 5.75 Å². The lowest BCUT2D eigenvalue weighted by Crippen LogP contribution is -2.52. The smallest absolute Gasteiger partial charge is 0.230 e. The first-order chi connectivity index (χ1) is 14.5. The number of nitrogens with one attached hydrogen (secondary N) is 1. The lowest BCUT2D eigenvalue weighted by atomic mass is 9.98. The number of hydrogen-bond acceptors (Lipinski definition) is 5. The van der Waals surface area contributed by atoms with Gasteiger partial charge in [-0.1, -0.05) is 35.3 Å². The van der Waals surface area contributed by atoms with Gasteiger partial charge in [-0.3, -0.25) is 9.69 Å². The molecule has 0 spiro atoms. The number of nitrogens with zero attached hydrogens (tertiary/aromatic N) is 1. The SMILES string of the molecule is N/C=C\C(=C/N)NC(=O)C1CN(Cc2ccc(OCc3cc(Cl)cc(Cl)c3)cc2)C1. The van der Waals surface area contributed by atoms with Crippen molar-refractivity contribution in [2.45, 2.75) is 13.2 Å². The first-order valence-electron chi connectivity index (χ1n) is 9.47. The highest BCUT2D eigenvalue weighted by atomic mass is 35.5. The van der Waals surface area contributed by atoms with Crippen LogP contribution in [-0.2, 0) is 17.9 Å². The van der Waals surface area contributed by atoms with E-state index in [4.69, 9.17) is 39.4 Å². The van der Waals surface area contributed by atoms with Crippen molar-refractivity contribution < 1.29 is 9.53 Å². The van der Waals surface area contributed by atoms with Gasteiger partial charge in [0, 0.05) is 35.9 Å². The molecule has 30 heavy (non-hydrogen) atoms.